The smallest absolute Gasteiger partial charge is 0.119 e. The van der Waals surface area contributed by atoms with E-state index >= 15 is 0 Å². The topological polar surface area (TPSA) is 48.9 Å². The molecule has 2 N–H and O–H groups in total. The molecule has 0 aliphatic carbocycles. The zero-order chi connectivity index (χ0) is 13.4. The Bertz CT molecular complexity index is 706. The number of rotatable bonds is 2. The van der Waals surface area contributed by atoms with Crippen molar-refractivity contribution in [2.75, 3.05) is 0 Å². The maximum Gasteiger partial charge on any atom is 0.119 e. The van der Waals surface area contributed by atoms with Gasteiger partial charge in [0.15, 0.2) is 0 Å². The fourth-order valence-corrected chi connectivity index (χ4v) is 2.31. The third kappa shape index (κ3) is 2.32. The second-order valence-electron chi connectivity index (χ2n) is 4.26. The van der Waals surface area contributed by atoms with E-state index in [1.54, 1.807) is 30.6 Å². The number of benzene rings is 1. The van der Waals surface area contributed by atoms with Gasteiger partial charge in [0.25, 0.3) is 0 Å². The van der Waals surface area contributed by atoms with Gasteiger partial charge in [-0.15, -0.1) is 0 Å². The lowest BCUT2D eigenvalue weighted by molar-refractivity contribution is 0.216. The maximum absolute atomic E-state index is 10.4. The van der Waals surface area contributed by atoms with E-state index in [0.29, 0.717) is 21.3 Å². The lowest BCUT2D eigenvalue weighted by Gasteiger charge is -2.10. The summed E-state index contributed by atoms with van der Waals surface area (Å²) in [6, 6.07) is 8.87. The number of H-pyrrole nitrogens is 1. The van der Waals surface area contributed by atoms with Crippen molar-refractivity contribution in [1.29, 1.82) is 0 Å². The third-order valence-corrected chi connectivity index (χ3v) is 3.74. The fraction of sp³-hybridized carbons (Fsp3) is 0.0714. The largest absolute Gasteiger partial charge is 0.382 e. The first kappa shape index (κ1) is 12.5. The van der Waals surface area contributed by atoms with Crippen molar-refractivity contribution < 1.29 is 5.11 Å². The van der Waals surface area contributed by atoms with Crippen molar-refractivity contribution in [3.8, 4) is 0 Å². The molecular formula is C14H10Cl2N2O. The Morgan fingerprint density at radius 1 is 1.11 bits per heavy atom. The summed E-state index contributed by atoms with van der Waals surface area (Å²) in [6.45, 7) is 0. The maximum atomic E-state index is 10.4. The van der Waals surface area contributed by atoms with Crippen molar-refractivity contribution in [2.24, 2.45) is 0 Å². The molecule has 5 heteroatoms. The van der Waals surface area contributed by atoms with Gasteiger partial charge in [-0.1, -0.05) is 29.3 Å². The number of fused-ring (bicyclic) bond motifs is 1. The molecule has 0 radical (unpaired) electrons. The molecule has 1 aromatic carbocycles. The van der Waals surface area contributed by atoms with Crippen molar-refractivity contribution in [3.63, 3.8) is 0 Å². The highest BCUT2D eigenvalue weighted by Crippen LogP contribution is 2.29. The predicted molar refractivity (Wildman–Crippen MR) is 76.6 cm³/mol. The van der Waals surface area contributed by atoms with E-state index in [2.05, 4.69) is 9.97 Å². The van der Waals surface area contributed by atoms with Crippen molar-refractivity contribution >= 4 is 34.1 Å². The van der Waals surface area contributed by atoms with Crippen LogP contribution in [0.15, 0.2) is 42.7 Å². The molecular weight excluding hydrogens is 283 g/mol. The van der Waals surface area contributed by atoms with Crippen LogP contribution >= 0.6 is 23.2 Å². The number of aromatic nitrogens is 2. The Morgan fingerprint density at radius 2 is 1.95 bits per heavy atom. The minimum atomic E-state index is -0.776. The van der Waals surface area contributed by atoms with Gasteiger partial charge in [0.05, 0.1) is 21.8 Å². The lowest BCUT2D eigenvalue weighted by Crippen LogP contribution is -1.99. The molecule has 1 unspecified atom stereocenters. The first-order chi connectivity index (χ1) is 9.15. The van der Waals surface area contributed by atoms with Crippen LogP contribution in [0.1, 0.15) is 17.4 Å². The van der Waals surface area contributed by atoms with E-state index < -0.39 is 6.10 Å². The van der Waals surface area contributed by atoms with Gasteiger partial charge in [0.1, 0.15) is 6.10 Å². The zero-order valence-electron chi connectivity index (χ0n) is 9.77. The molecule has 0 spiro atoms. The summed E-state index contributed by atoms with van der Waals surface area (Å²) in [7, 11) is 0. The van der Waals surface area contributed by atoms with Gasteiger partial charge in [0.2, 0.25) is 0 Å². The van der Waals surface area contributed by atoms with Crippen molar-refractivity contribution in [3.05, 3.63) is 64.0 Å². The number of aromatic amines is 1. The molecule has 3 nitrogen and oxygen atoms in total. The molecule has 96 valence electrons. The van der Waals surface area contributed by atoms with E-state index in [1.807, 2.05) is 12.1 Å². The highest BCUT2D eigenvalue weighted by atomic mass is 35.5. The van der Waals surface area contributed by atoms with Crippen LogP contribution < -0.4 is 0 Å². The number of aliphatic hydroxyl groups is 1. The van der Waals surface area contributed by atoms with E-state index in [-0.39, 0.29) is 0 Å². The van der Waals surface area contributed by atoms with Crippen LogP contribution in [0, 0.1) is 0 Å². The number of aliphatic hydroxyl groups excluding tert-OH is 1. The second-order valence-corrected chi connectivity index (χ2v) is 5.08. The molecule has 0 fully saturated rings. The molecule has 19 heavy (non-hydrogen) atoms. The van der Waals surface area contributed by atoms with Crippen LogP contribution in [0.3, 0.4) is 0 Å². The molecule has 2 aromatic heterocycles. The van der Waals surface area contributed by atoms with E-state index in [1.165, 1.54) is 0 Å². The van der Waals surface area contributed by atoms with Crippen molar-refractivity contribution in [1.82, 2.24) is 9.97 Å². The number of pyridine rings is 1. The Kier molecular flexibility index (Phi) is 3.19. The van der Waals surface area contributed by atoms with E-state index in [9.17, 15) is 5.11 Å². The minimum absolute atomic E-state index is 0.427. The summed E-state index contributed by atoms with van der Waals surface area (Å²) in [5.74, 6) is 0. The van der Waals surface area contributed by atoms with E-state index in [4.69, 9.17) is 23.2 Å². The Labute approximate surface area is 119 Å². The monoisotopic (exact) mass is 292 g/mol. The summed E-state index contributed by atoms with van der Waals surface area (Å²) in [5.41, 5.74) is 2.27. The highest BCUT2D eigenvalue weighted by molar-refractivity contribution is 6.42. The number of hydrogen-bond donors (Lipinski definition) is 2. The van der Waals surface area contributed by atoms with Crippen LogP contribution in [0.2, 0.25) is 10.0 Å². The minimum Gasteiger partial charge on any atom is -0.382 e. The number of nitrogens with one attached hydrogen (secondary N) is 1. The lowest BCUT2D eigenvalue weighted by atomic mass is 10.1. The molecule has 3 aromatic rings. The average Bonchev–Trinajstić information content (AvgIpc) is 2.85. The highest BCUT2D eigenvalue weighted by Gasteiger charge is 2.14. The third-order valence-electron chi connectivity index (χ3n) is 3.00. The van der Waals surface area contributed by atoms with Crippen molar-refractivity contribution in [2.45, 2.75) is 6.10 Å². The van der Waals surface area contributed by atoms with Gasteiger partial charge in [-0.2, -0.15) is 0 Å². The average molecular weight is 293 g/mol. The molecule has 2 heterocycles. The Hall–Kier alpha value is -1.55. The molecule has 0 aliphatic rings. The standard InChI is InChI=1S/C14H10Cl2N2O/c15-10-2-1-9(5-11(10)16)14(19)12-6-8-3-4-17-7-13(8)18-12/h1-7,14,18-19H. The van der Waals surface area contributed by atoms with Crippen LogP contribution in [-0.2, 0) is 0 Å². The molecule has 1 atom stereocenters. The molecule has 0 saturated heterocycles. The summed E-state index contributed by atoms with van der Waals surface area (Å²) < 4.78 is 0. The Morgan fingerprint density at radius 3 is 2.68 bits per heavy atom. The molecule has 3 rings (SSSR count). The summed E-state index contributed by atoms with van der Waals surface area (Å²) in [5, 5.41) is 12.3. The SMILES string of the molecule is OC(c1ccc(Cl)c(Cl)c1)c1cc2ccncc2[nH]1. The van der Waals surface area contributed by atoms with Gasteiger partial charge in [0, 0.05) is 17.3 Å². The first-order valence-corrected chi connectivity index (χ1v) is 6.46. The Balaban J connectivity index is 2.02. The van der Waals surface area contributed by atoms with Crippen LogP contribution in [-0.4, -0.2) is 15.1 Å². The van der Waals surface area contributed by atoms with Gasteiger partial charge >= 0.3 is 0 Å². The number of hydrogen-bond acceptors (Lipinski definition) is 2. The van der Waals surface area contributed by atoms with Gasteiger partial charge in [-0.05, 0) is 29.8 Å². The zero-order valence-corrected chi connectivity index (χ0v) is 11.3. The summed E-state index contributed by atoms with van der Waals surface area (Å²) in [6.07, 6.45) is 2.66. The van der Waals surface area contributed by atoms with Crippen LogP contribution in [0.25, 0.3) is 10.9 Å². The van der Waals surface area contributed by atoms with E-state index in [0.717, 1.165) is 10.9 Å². The summed E-state index contributed by atoms with van der Waals surface area (Å²) >= 11 is 11.8. The van der Waals surface area contributed by atoms with Gasteiger partial charge in [-0.3, -0.25) is 4.98 Å². The van der Waals surface area contributed by atoms with Crippen LogP contribution in [0.4, 0.5) is 0 Å². The first-order valence-electron chi connectivity index (χ1n) is 5.71. The molecule has 0 saturated carbocycles. The quantitative estimate of drug-likeness (QED) is 0.751. The molecule has 0 bridgehead atoms. The predicted octanol–water partition coefficient (Wildman–Crippen LogP) is 3.95. The van der Waals surface area contributed by atoms with Gasteiger partial charge in [-0.25, -0.2) is 0 Å². The second kappa shape index (κ2) is 4.85. The normalized spacial score (nSPS) is 12.8. The summed E-state index contributed by atoms with van der Waals surface area (Å²) in [4.78, 5) is 7.17. The van der Waals surface area contributed by atoms with Gasteiger partial charge < -0.3 is 10.1 Å². The molecule has 0 amide bonds. The fourth-order valence-electron chi connectivity index (χ4n) is 2.00. The number of halogens is 2. The number of nitrogens with zero attached hydrogens (tertiary/aromatic N) is 1. The molecule has 0 aliphatic heterocycles. The van der Waals surface area contributed by atoms with Crippen LogP contribution in [0.5, 0.6) is 0 Å².